The Bertz CT molecular complexity index is 788. The normalized spacial score (nSPS) is 21.7. The third kappa shape index (κ3) is 6.80. The van der Waals surface area contributed by atoms with Crippen LogP contribution in [0.4, 0.5) is 0 Å². The molecule has 1 saturated heterocycles. The molecule has 1 heterocycles. The molecule has 1 aliphatic heterocycles. The first-order valence-electron chi connectivity index (χ1n) is 11.7. The van der Waals surface area contributed by atoms with Crippen LogP contribution < -0.4 is 10.1 Å². The second-order valence-electron chi connectivity index (χ2n) is 9.98. The Balaban J connectivity index is 1.67. The van der Waals surface area contributed by atoms with Crippen molar-refractivity contribution in [3.63, 3.8) is 0 Å². The lowest BCUT2D eigenvalue weighted by Crippen LogP contribution is -2.85. The highest BCUT2D eigenvalue weighted by atomic mass is 16.5. The summed E-state index contributed by atoms with van der Waals surface area (Å²) in [6, 6.07) is 19.1. The van der Waals surface area contributed by atoms with Crippen molar-refractivity contribution in [1.29, 1.82) is 0 Å². The molecule has 0 spiro atoms. The maximum atomic E-state index is 10.4. The van der Waals surface area contributed by atoms with Gasteiger partial charge in [0.2, 0.25) is 0 Å². The highest BCUT2D eigenvalue weighted by molar-refractivity contribution is 5.26. The predicted molar refractivity (Wildman–Crippen MR) is 125 cm³/mol. The minimum absolute atomic E-state index is 0.0450. The molecule has 0 aliphatic carbocycles. The maximum absolute atomic E-state index is 10.4. The average molecular weight is 427 g/mol. The van der Waals surface area contributed by atoms with Gasteiger partial charge in [-0.3, -0.25) is 0 Å². The molecular formula is C27H40NO3+. The van der Waals surface area contributed by atoms with Crippen LogP contribution in [-0.2, 0) is 17.7 Å². The molecule has 0 saturated carbocycles. The van der Waals surface area contributed by atoms with Crippen LogP contribution in [0.5, 0.6) is 5.75 Å². The zero-order chi connectivity index (χ0) is 22.3. The van der Waals surface area contributed by atoms with Gasteiger partial charge in [-0.15, -0.1) is 0 Å². The maximum Gasteiger partial charge on any atom is 0.119 e. The zero-order valence-corrected chi connectivity index (χ0v) is 19.6. The van der Waals surface area contributed by atoms with E-state index in [2.05, 4.69) is 61.6 Å². The van der Waals surface area contributed by atoms with Crippen molar-refractivity contribution in [1.82, 2.24) is 0 Å². The molecule has 31 heavy (non-hydrogen) atoms. The molecule has 3 rings (SSSR count). The van der Waals surface area contributed by atoms with Gasteiger partial charge in [0.1, 0.15) is 12.3 Å². The van der Waals surface area contributed by atoms with E-state index < -0.39 is 0 Å². The van der Waals surface area contributed by atoms with E-state index in [9.17, 15) is 5.11 Å². The summed E-state index contributed by atoms with van der Waals surface area (Å²) >= 11 is 0. The number of hydrogen-bond acceptors (Lipinski definition) is 3. The molecule has 1 fully saturated rings. The molecule has 2 aromatic carbocycles. The monoisotopic (exact) mass is 426 g/mol. The van der Waals surface area contributed by atoms with E-state index in [-0.39, 0.29) is 29.6 Å². The van der Waals surface area contributed by atoms with Gasteiger partial charge >= 0.3 is 0 Å². The predicted octanol–water partition coefficient (Wildman–Crippen LogP) is 3.96. The Labute approximate surface area is 188 Å². The third-order valence-corrected chi connectivity index (χ3v) is 6.48. The number of nitrogens with two attached hydrogens (primary N) is 1. The van der Waals surface area contributed by atoms with E-state index in [4.69, 9.17) is 9.47 Å². The van der Waals surface area contributed by atoms with Gasteiger partial charge in [0, 0.05) is 18.1 Å². The van der Waals surface area contributed by atoms with E-state index in [0.29, 0.717) is 0 Å². The molecule has 0 aromatic heterocycles. The fourth-order valence-electron chi connectivity index (χ4n) is 5.11. The highest BCUT2D eigenvalue weighted by Crippen LogP contribution is 2.46. The standard InChI is InChI=1S/C27H39NO3/c1-21(2)31-25-12-10-23(11-13-25)17-28-18-24(19-29)27(14-15-30-26(3,4)20-27)16-22-8-6-5-7-9-22/h5-13,21,24,28-29H,14-20H2,1-4H3/p+1. The lowest BCUT2D eigenvalue weighted by molar-refractivity contribution is -0.678. The van der Waals surface area contributed by atoms with Gasteiger partial charge in [-0.25, -0.2) is 0 Å². The Morgan fingerprint density at radius 1 is 1.03 bits per heavy atom. The van der Waals surface area contributed by atoms with Crippen molar-refractivity contribution >= 4 is 0 Å². The first-order valence-corrected chi connectivity index (χ1v) is 11.7. The summed E-state index contributed by atoms with van der Waals surface area (Å²) in [4.78, 5) is 0. The second-order valence-corrected chi connectivity index (χ2v) is 9.98. The molecule has 2 aromatic rings. The molecule has 0 bridgehead atoms. The number of rotatable bonds is 10. The summed E-state index contributed by atoms with van der Waals surface area (Å²) in [5, 5.41) is 12.8. The minimum Gasteiger partial charge on any atom is -0.491 e. The van der Waals surface area contributed by atoms with E-state index in [1.165, 1.54) is 11.1 Å². The average Bonchev–Trinajstić information content (AvgIpc) is 2.72. The van der Waals surface area contributed by atoms with Crippen LogP contribution in [0.3, 0.4) is 0 Å². The van der Waals surface area contributed by atoms with E-state index in [1.807, 2.05) is 26.0 Å². The van der Waals surface area contributed by atoms with E-state index >= 15 is 0 Å². The topological polar surface area (TPSA) is 55.3 Å². The Hall–Kier alpha value is -1.88. The van der Waals surface area contributed by atoms with Crippen LogP contribution in [0.25, 0.3) is 0 Å². The van der Waals surface area contributed by atoms with E-state index in [1.54, 1.807) is 0 Å². The van der Waals surface area contributed by atoms with Gasteiger partial charge < -0.3 is 19.9 Å². The minimum atomic E-state index is -0.160. The Kier molecular flexibility index (Phi) is 8.15. The number of hydrogen-bond donors (Lipinski definition) is 2. The quantitative estimate of drug-likeness (QED) is 0.605. The number of aliphatic hydroxyl groups is 1. The van der Waals surface area contributed by atoms with Gasteiger partial charge in [0.25, 0.3) is 0 Å². The molecule has 0 radical (unpaired) electrons. The van der Waals surface area contributed by atoms with Crippen molar-refractivity contribution in [2.24, 2.45) is 11.3 Å². The molecule has 3 N–H and O–H groups in total. The van der Waals surface area contributed by atoms with Gasteiger partial charge in [-0.1, -0.05) is 30.3 Å². The van der Waals surface area contributed by atoms with Crippen molar-refractivity contribution in [3.8, 4) is 5.75 Å². The van der Waals surface area contributed by atoms with Crippen LogP contribution in [-0.4, -0.2) is 36.6 Å². The van der Waals surface area contributed by atoms with Crippen LogP contribution in [0.1, 0.15) is 51.7 Å². The summed E-state index contributed by atoms with van der Waals surface area (Å²) in [6.07, 6.45) is 3.13. The van der Waals surface area contributed by atoms with Crippen molar-refractivity contribution < 1.29 is 19.9 Å². The van der Waals surface area contributed by atoms with Crippen LogP contribution in [0, 0.1) is 11.3 Å². The SMILES string of the molecule is CC(C)Oc1ccc(C[NH2+]CC(CO)C2(Cc3ccccc3)CCOC(C)(C)C2)cc1. The van der Waals surface area contributed by atoms with Crippen LogP contribution in [0.15, 0.2) is 54.6 Å². The third-order valence-electron chi connectivity index (χ3n) is 6.48. The van der Waals surface area contributed by atoms with Gasteiger partial charge in [0.15, 0.2) is 0 Å². The van der Waals surface area contributed by atoms with Crippen molar-refractivity contribution in [3.05, 3.63) is 65.7 Å². The van der Waals surface area contributed by atoms with E-state index in [0.717, 1.165) is 44.7 Å². The summed E-state index contributed by atoms with van der Waals surface area (Å²) in [7, 11) is 0. The molecule has 170 valence electrons. The number of ether oxygens (including phenoxy) is 2. The highest BCUT2D eigenvalue weighted by Gasteiger charge is 2.46. The lowest BCUT2D eigenvalue weighted by Gasteiger charge is -2.48. The number of aliphatic hydroxyl groups excluding tert-OH is 1. The zero-order valence-electron chi connectivity index (χ0n) is 19.6. The number of benzene rings is 2. The van der Waals surface area contributed by atoms with Gasteiger partial charge in [-0.2, -0.15) is 0 Å². The first-order chi connectivity index (χ1) is 14.8. The van der Waals surface area contributed by atoms with Gasteiger partial charge in [0.05, 0.1) is 24.9 Å². The fraction of sp³-hybridized carbons (Fsp3) is 0.556. The smallest absolute Gasteiger partial charge is 0.119 e. The summed E-state index contributed by atoms with van der Waals surface area (Å²) < 4.78 is 11.8. The number of quaternary nitrogens is 1. The van der Waals surface area contributed by atoms with Crippen LogP contribution in [0.2, 0.25) is 0 Å². The molecule has 2 atom stereocenters. The Morgan fingerprint density at radius 3 is 2.35 bits per heavy atom. The fourth-order valence-corrected chi connectivity index (χ4v) is 5.11. The Morgan fingerprint density at radius 2 is 1.74 bits per heavy atom. The van der Waals surface area contributed by atoms with Crippen LogP contribution >= 0.6 is 0 Å². The molecule has 2 unspecified atom stereocenters. The molecule has 0 amide bonds. The van der Waals surface area contributed by atoms with Crippen molar-refractivity contribution in [2.45, 2.75) is 65.2 Å². The lowest BCUT2D eigenvalue weighted by atomic mass is 9.63. The largest absolute Gasteiger partial charge is 0.491 e. The first kappa shape index (κ1) is 23.8. The summed E-state index contributed by atoms with van der Waals surface area (Å²) in [5.74, 6) is 1.14. The molecule has 4 nitrogen and oxygen atoms in total. The summed E-state index contributed by atoms with van der Waals surface area (Å²) in [5.41, 5.74) is 2.51. The molecular weight excluding hydrogens is 386 g/mol. The second kappa shape index (κ2) is 10.6. The molecule has 1 aliphatic rings. The van der Waals surface area contributed by atoms with Gasteiger partial charge in [-0.05, 0) is 82.2 Å². The molecule has 4 heteroatoms. The van der Waals surface area contributed by atoms with Crippen molar-refractivity contribution in [2.75, 3.05) is 19.8 Å². The summed E-state index contributed by atoms with van der Waals surface area (Å²) in [6.45, 7) is 11.2.